The van der Waals surface area contributed by atoms with Crippen LogP contribution in [-0.4, -0.2) is 47.0 Å². The molecule has 0 aromatic heterocycles. The Balaban J connectivity index is 1.84. The van der Waals surface area contributed by atoms with Crippen LogP contribution >= 0.6 is 0 Å². The molecule has 0 amide bonds. The van der Waals surface area contributed by atoms with Crippen LogP contribution in [0, 0.1) is 6.92 Å². The predicted octanol–water partition coefficient (Wildman–Crippen LogP) is 4.57. The van der Waals surface area contributed by atoms with Gasteiger partial charge in [0.2, 0.25) is 5.75 Å². The monoisotopic (exact) mass is 496 g/mol. The molecule has 0 radical (unpaired) electrons. The van der Waals surface area contributed by atoms with E-state index in [1.165, 1.54) is 25.7 Å². The molecule has 0 N–H and O–H groups in total. The normalized spacial score (nSPS) is 15.5. The van der Waals surface area contributed by atoms with Crippen molar-refractivity contribution in [2.45, 2.75) is 24.3 Å². The van der Waals surface area contributed by atoms with Gasteiger partial charge in [0.05, 0.1) is 45.1 Å². The fourth-order valence-electron chi connectivity index (χ4n) is 4.03. The summed E-state index contributed by atoms with van der Waals surface area (Å²) in [5.41, 5.74) is 3.09. The average Bonchev–Trinajstić information content (AvgIpc) is 3.34. The fraction of sp³-hybridized carbons (Fsp3) is 0.269. The number of benzene rings is 3. The van der Waals surface area contributed by atoms with Crippen LogP contribution in [0.3, 0.4) is 0 Å². The Morgan fingerprint density at radius 3 is 1.94 bits per heavy atom. The molecule has 0 fully saturated rings. The first-order valence-electron chi connectivity index (χ1n) is 10.9. The van der Waals surface area contributed by atoms with Crippen molar-refractivity contribution >= 4 is 15.7 Å². The maximum absolute atomic E-state index is 13.8. The third-order valence-corrected chi connectivity index (χ3v) is 7.63. The van der Waals surface area contributed by atoms with Gasteiger partial charge in [-0.05, 0) is 66.6 Å². The van der Waals surface area contributed by atoms with E-state index in [9.17, 15) is 8.42 Å². The van der Waals surface area contributed by atoms with E-state index in [0.717, 1.165) is 11.1 Å². The zero-order chi connectivity index (χ0) is 25.2. The number of hydrogen-bond acceptors (Lipinski definition) is 7. The summed E-state index contributed by atoms with van der Waals surface area (Å²) in [4.78, 5) is 0.167. The van der Waals surface area contributed by atoms with Gasteiger partial charge in [0.25, 0.3) is 10.0 Å². The van der Waals surface area contributed by atoms with Gasteiger partial charge in [-0.15, -0.1) is 0 Å². The number of hydrazone groups is 1. The molecule has 0 bridgehead atoms. The summed E-state index contributed by atoms with van der Waals surface area (Å²) in [7, 11) is 2.21. The van der Waals surface area contributed by atoms with Crippen molar-refractivity contribution in [3.63, 3.8) is 0 Å². The van der Waals surface area contributed by atoms with E-state index < -0.39 is 16.1 Å². The number of methoxy groups -OCH3 is 4. The minimum absolute atomic E-state index is 0.167. The lowest BCUT2D eigenvalue weighted by Crippen LogP contribution is -2.27. The highest BCUT2D eigenvalue weighted by Gasteiger charge is 2.38. The van der Waals surface area contributed by atoms with Crippen LogP contribution in [0.1, 0.15) is 29.2 Å². The summed E-state index contributed by atoms with van der Waals surface area (Å²) in [6.07, 6.45) is 0.357. The largest absolute Gasteiger partial charge is 0.497 e. The molecular weight excluding hydrogens is 468 g/mol. The Bertz CT molecular complexity index is 1310. The number of ether oxygens (including phenoxy) is 4. The van der Waals surface area contributed by atoms with Crippen LogP contribution in [0.25, 0.3) is 0 Å². The molecule has 0 aliphatic carbocycles. The Kier molecular flexibility index (Phi) is 6.88. The van der Waals surface area contributed by atoms with E-state index >= 15 is 0 Å². The summed E-state index contributed by atoms with van der Waals surface area (Å²) in [6, 6.07) is 17.0. The van der Waals surface area contributed by atoms with Crippen LogP contribution in [-0.2, 0) is 10.0 Å². The van der Waals surface area contributed by atoms with Gasteiger partial charge in [-0.25, -0.2) is 0 Å². The van der Waals surface area contributed by atoms with E-state index in [4.69, 9.17) is 18.9 Å². The van der Waals surface area contributed by atoms with Crippen LogP contribution in [0.15, 0.2) is 70.7 Å². The van der Waals surface area contributed by atoms with Gasteiger partial charge in [0.15, 0.2) is 11.5 Å². The van der Waals surface area contributed by atoms with Gasteiger partial charge < -0.3 is 18.9 Å². The summed E-state index contributed by atoms with van der Waals surface area (Å²) >= 11 is 0. The SMILES string of the molecule is COc1ccc(C2=NN(S(=O)(=O)c3ccc(C)cc3)C(c3cc(OC)c(OC)c(OC)c3)C2)cc1. The zero-order valence-corrected chi connectivity index (χ0v) is 21.1. The first-order valence-corrected chi connectivity index (χ1v) is 12.4. The standard InChI is InChI=1S/C26H28N2O6S/c1-17-6-12-21(13-7-17)35(29,30)28-23(16-22(27-28)18-8-10-20(31-2)11-9-18)19-14-24(32-3)26(34-5)25(15-19)33-4/h6-15,23H,16H2,1-5H3. The fourth-order valence-corrected chi connectivity index (χ4v) is 5.46. The van der Waals surface area contributed by atoms with Gasteiger partial charge in [-0.2, -0.15) is 17.9 Å². The number of aryl methyl sites for hydroxylation is 1. The summed E-state index contributed by atoms with van der Waals surface area (Å²) < 4.78 is 50.4. The minimum atomic E-state index is -3.95. The average molecular weight is 497 g/mol. The lowest BCUT2D eigenvalue weighted by atomic mass is 9.98. The Hall–Kier alpha value is -3.72. The number of rotatable bonds is 8. The van der Waals surface area contributed by atoms with Crippen molar-refractivity contribution in [3.8, 4) is 23.0 Å². The second-order valence-corrected chi connectivity index (χ2v) is 9.84. The van der Waals surface area contributed by atoms with Crippen molar-refractivity contribution < 1.29 is 27.4 Å². The molecule has 1 heterocycles. The smallest absolute Gasteiger partial charge is 0.279 e. The van der Waals surface area contributed by atoms with Crippen molar-refractivity contribution in [2.75, 3.05) is 28.4 Å². The van der Waals surface area contributed by atoms with Crippen molar-refractivity contribution in [2.24, 2.45) is 5.10 Å². The molecule has 1 aliphatic heterocycles. The van der Waals surface area contributed by atoms with Gasteiger partial charge in [-0.1, -0.05) is 17.7 Å². The van der Waals surface area contributed by atoms with E-state index in [1.54, 1.807) is 43.5 Å². The lowest BCUT2D eigenvalue weighted by molar-refractivity contribution is 0.319. The molecule has 3 aromatic rings. The van der Waals surface area contributed by atoms with Crippen molar-refractivity contribution in [3.05, 3.63) is 77.4 Å². The lowest BCUT2D eigenvalue weighted by Gasteiger charge is -2.25. The number of hydrogen-bond donors (Lipinski definition) is 0. The second-order valence-electron chi connectivity index (χ2n) is 8.04. The van der Waals surface area contributed by atoms with Crippen LogP contribution < -0.4 is 18.9 Å². The molecule has 8 nitrogen and oxygen atoms in total. The Morgan fingerprint density at radius 2 is 1.43 bits per heavy atom. The quantitative estimate of drug-likeness (QED) is 0.454. The zero-order valence-electron chi connectivity index (χ0n) is 20.3. The van der Waals surface area contributed by atoms with E-state index in [1.807, 2.05) is 31.2 Å². The van der Waals surface area contributed by atoms with Crippen LogP contribution in [0.4, 0.5) is 0 Å². The molecule has 35 heavy (non-hydrogen) atoms. The summed E-state index contributed by atoms with van der Waals surface area (Å²) in [6.45, 7) is 1.91. The number of nitrogens with zero attached hydrogens (tertiary/aromatic N) is 2. The maximum atomic E-state index is 13.8. The predicted molar refractivity (Wildman–Crippen MR) is 133 cm³/mol. The maximum Gasteiger partial charge on any atom is 0.279 e. The third kappa shape index (κ3) is 4.64. The van der Waals surface area contributed by atoms with Crippen LogP contribution in [0.5, 0.6) is 23.0 Å². The highest BCUT2D eigenvalue weighted by atomic mass is 32.2. The molecule has 9 heteroatoms. The molecule has 1 unspecified atom stereocenters. The molecule has 4 rings (SSSR count). The number of sulfonamides is 1. The van der Waals surface area contributed by atoms with E-state index in [0.29, 0.717) is 40.7 Å². The van der Waals surface area contributed by atoms with Gasteiger partial charge in [0, 0.05) is 6.42 Å². The molecule has 3 aromatic carbocycles. The Morgan fingerprint density at radius 1 is 0.829 bits per heavy atom. The highest BCUT2D eigenvalue weighted by Crippen LogP contribution is 2.44. The molecule has 0 saturated carbocycles. The Labute approximate surface area is 205 Å². The molecule has 1 aliphatic rings. The minimum Gasteiger partial charge on any atom is -0.497 e. The first-order chi connectivity index (χ1) is 16.8. The molecule has 1 atom stereocenters. The molecule has 0 saturated heterocycles. The molecule has 0 spiro atoms. The third-order valence-electron chi connectivity index (χ3n) is 5.93. The summed E-state index contributed by atoms with van der Waals surface area (Å²) in [5, 5.41) is 4.60. The first kappa shape index (κ1) is 24.4. The van der Waals surface area contributed by atoms with E-state index in [2.05, 4.69) is 5.10 Å². The topological polar surface area (TPSA) is 86.7 Å². The molecular formula is C26H28N2O6S. The van der Waals surface area contributed by atoms with E-state index in [-0.39, 0.29) is 4.90 Å². The summed E-state index contributed by atoms with van der Waals surface area (Å²) in [5.74, 6) is 2.01. The van der Waals surface area contributed by atoms with Gasteiger partial charge >= 0.3 is 0 Å². The highest BCUT2D eigenvalue weighted by molar-refractivity contribution is 7.89. The van der Waals surface area contributed by atoms with Crippen molar-refractivity contribution in [1.29, 1.82) is 0 Å². The van der Waals surface area contributed by atoms with Crippen molar-refractivity contribution in [1.82, 2.24) is 4.41 Å². The van der Waals surface area contributed by atoms with Crippen LogP contribution in [0.2, 0.25) is 0 Å². The van der Waals surface area contributed by atoms with Gasteiger partial charge in [-0.3, -0.25) is 0 Å². The molecule has 184 valence electrons. The van der Waals surface area contributed by atoms with Gasteiger partial charge in [0.1, 0.15) is 5.75 Å². The second kappa shape index (κ2) is 9.87.